The van der Waals surface area contributed by atoms with Gasteiger partial charge in [0.25, 0.3) is 0 Å². The van der Waals surface area contributed by atoms with E-state index in [-0.39, 0.29) is 0 Å². The van der Waals surface area contributed by atoms with Crippen LogP contribution in [0.5, 0.6) is 0 Å². The number of rotatable bonds is 7. The van der Waals surface area contributed by atoms with E-state index in [2.05, 4.69) is 16.7 Å². The van der Waals surface area contributed by atoms with Crippen molar-refractivity contribution in [1.82, 2.24) is 9.80 Å². The molecule has 18 heavy (non-hydrogen) atoms. The summed E-state index contributed by atoms with van der Waals surface area (Å²) in [6, 6.07) is 0. The monoisotopic (exact) mass is 253 g/mol. The van der Waals surface area contributed by atoms with Crippen LogP contribution in [-0.4, -0.2) is 54.6 Å². The largest absolute Gasteiger partial charge is 0.329 e. The smallest absolute Gasteiger partial charge is 0.0332 e. The third-order valence-corrected chi connectivity index (χ3v) is 4.96. The van der Waals surface area contributed by atoms with Gasteiger partial charge < -0.3 is 10.6 Å². The van der Waals surface area contributed by atoms with Crippen LogP contribution in [0.1, 0.15) is 51.9 Å². The zero-order valence-corrected chi connectivity index (χ0v) is 12.2. The topological polar surface area (TPSA) is 32.5 Å². The zero-order chi connectivity index (χ0) is 12.8. The van der Waals surface area contributed by atoms with E-state index < -0.39 is 0 Å². The third kappa shape index (κ3) is 3.25. The highest BCUT2D eigenvalue weighted by molar-refractivity contribution is 4.96. The maximum absolute atomic E-state index is 6.13. The van der Waals surface area contributed by atoms with E-state index >= 15 is 0 Å². The molecule has 3 nitrogen and oxygen atoms in total. The molecule has 0 atom stereocenters. The van der Waals surface area contributed by atoms with Crippen LogP contribution in [0.2, 0.25) is 0 Å². The molecule has 1 heterocycles. The molecule has 0 bridgehead atoms. The van der Waals surface area contributed by atoms with Crippen LogP contribution in [0.4, 0.5) is 0 Å². The van der Waals surface area contributed by atoms with Gasteiger partial charge in [0.05, 0.1) is 0 Å². The summed E-state index contributed by atoms with van der Waals surface area (Å²) in [4.78, 5) is 5.35. The van der Waals surface area contributed by atoms with Crippen molar-refractivity contribution in [3.8, 4) is 0 Å². The molecule has 2 N–H and O–H groups in total. The molecule has 0 aromatic carbocycles. The lowest BCUT2D eigenvalue weighted by molar-refractivity contribution is 0.0871. The summed E-state index contributed by atoms with van der Waals surface area (Å²) in [7, 11) is 0. The summed E-state index contributed by atoms with van der Waals surface area (Å²) in [6.45, 7) is 9.48. The van der Waals surface area contributed by atoms with E-state index in [1.54, 1.807) is 0 Å². The van der Waals surface area contributed by atoms with Gasteiger partial charge in [-0.05, 0) is 51.7 Å². The summed E-state index contributed by atoms with van der Waals surface area (Å²) >= 11 is 0. The highest BCUT2D eigenvalue weighted by Gasteiger charge is 2.37. The lowest BCUT2D eigenvalue weighted by Gasteiger charge is -2.41. The maximum atomic E-state index is 6.13. The van der Waals surface area contributed by atoms with Crippen molar-refractivity contribution in [3.63, 3.8) is 0 Å². The van der Waals surface area contributed by atoms with Crippen molar-refractivity contribution in [2.24, 2.45) is 5.73 Å². The van der Waals surface area contributed by atoms with Crippen LogP contribution in [0.25, 0.3) is 0 Å². The Kier molecular flexibility index (Phi) is 5.46. The number of nitrogens with two attached hydrogens (primary N) is 1. The van der Waals surface area contributed by atoms with Crippen LogP contribution in [-0.2, 0) is 0 Å². The van der Waals surface area contributed by atoms with Gasteiger partial charge in [-0.1, -0.05) is 19.8 Å². The maximum Gasteiger partial charge on any atom is 0.0332 e. The van der Waals surface area contributed by atoms with Crippen molar-refractivity contribution in [3.05, 3.63) is 0 Å². The van der Waals surface area contributed by atoms with E-state index in [0.29, 0.717) is 5.54 Å². The minimum absolute atomic E-state index is 0.343. The van der Waals surface area contributed by atoms with Gasteiger partial charge in [-0.25, -0.2) is 0 Å². The normalized spacial score (nSPS) is 24.2. The lowest BCUT2D eigenvalue weighted by Crippen LogP contribution is -2.54. The van der Waals surface area contributed by atoms with Gasteiger partial charge in [0.15, 0.2) is 0 Å². The molecule has 1 aliphatic carbocycles. The van der Waals surface area contributed by atoms with Crippen LogP contribution in [0.3, 0.4) is 0 Å². The zero-order valence-electron chi connectivity index (χ0n) is 12.2. The first-order valence-corrected chi connectivity index (χ1v) is 7.98. The Hall–Kier alpha value is -0.120. The van der Waals surface area contributed by atoms with E-state index in [0.717, 1.165) is 6.54 Å². The Morgan fingerprint density at radius 2 is 1.72 bits per heavy atom. The summed E-state index contributed by atoms with van der Waals surface area (Å²) in [5.41, 5.74) is 6.47. The van der Waals surface area contributed by atoms with E-state index in [1.807, 2.05) is 0 Å². The first-order valence-electron chi connectivity index (χ1n) is 7.98. The van der Waals surface area contributed by atoms with Gasteiger partial charge in [0.1, 0.15) is 0 Å². The van der Waals surface area contributed by atoms with Crippen molar-refractivity contribution >= 4 is 0 Å². The van der Waals surface area contributed by atoms with Crippen molar-refractivity contribution in [1.29, 1.82) is 0 Å². The van der Waals surface area contributed by atoms with Crippen molar-refractivity contribution in [2.45, 2.75) is 57.4 Å². The van der Waals surface area contributed by atoms with Gasteiger partial charge in [-0.2, -0.15) is 0 Å². The van der Waals surface area contributed by atoms with Gasteiger partial charge in [0.2, 0.25) is 0 Å². The second-order valence-corrected chi connectivity index (χ2v) is 6.17. The molecule has 2 rings (SSSR count). The van der Waals surface area contributed by atoms with Crippen LogP contribution in [0.15, 0.2) is 0 Å². The fraction of sp³-hybridized carbons (Fsp3) is 1.00. The van der Waals surface area contributed by atoms with Crippen LogP contribution < -0.4 is 5.73 Å². The Morgan fingerprint density at radius 3 is 2.28 bits per heavy atom. The molecule has 0 aromatic rings. The number of likely N-dealkylation sites (tertiary alicyclic amines) is 1. The summed E-state index contributed by atoms with van der Waals surface area (Å²) in [6.07, 6.45) is 9.45. The van der Waals surface area contributed by atoms with Gasteiger partial charge >= 0.3 is 0 Å². The first-order chi connectivity index (χ1) is 8.80. The standard InChI is InChI=1S/C15H31N3/c1-2-9-18(13-12-17-10-5-6-11-17)15(14-16)7-3-4-8-15/h2-14,16H2,1H3. The molecule has 1 aliphatic heterocycles. The molecule has 1 saturated carbocycles. The summed E-state index contributed by atoms with van der Waals surface area (Å²) in [5, 5.41) is 0. The molecule has 1 saturated heterocycles. The molecule has 2 fully saturated rings. The van der Waals surface area contributed by atoms with Crippen molar-refractivity contribution < 1.29 is 0 Å². The number of nitrogens with zero attached hydrogens (tertiary/aromatic N) is 2. The van der Waals surface area contributed by atoms with Crippen LogP contribution in [0, 0.1) is 0 Å². The average molecular weight is 253 g/mol. The average Bonchev–Trinajstić information content (AvgIpc) is 3.06. The molecule has 106 valence electrons. The predicted octanol–water partition coefficient (Wildman–Crippen LogP) is 2.07. The summed E-state index contributed by atoms with van der Waals surface area (Å²) < 4.78 is 0. The molecule has 0 spiro atoms. The molecule has 0 unspecified atom stereocenters. The molecule has 0 amide bonds. The van der Waals surface area contributed by atoms with E-state index in [4.69, 9.17) is 5.73 Å². The second-order valence-electron chi connectivity index (χ2n) is 6.17. The van der Waals surface area contributed by atoms with E-state index in [1.165, 1.54) is 77.7 Å². The quantitative estimate of drug-likeness (QED) is 0.754. The fourth-order valence-electron chi connectivity index (χ4n) is 3.81. The summed E-state index contributed by atoms with van der Waals surface area (Å²) in [5.74, 6) is 0. The fourth-order valence-corrected chi connectivity index (χ4v) is 3.81. The lowest BCUT2D eigenvalue weighted by atomic mass is 9.94. The minimum atomic E-state index is 0.343. The highest BCUT2D eigenvalue weighted by atomic mass is 15.2. The molecular formula is C15H31N3. The molecular weight excluding hydrogens is 222 g/mol. The Balaban J connectivity index is 1.89. The number of hydrogen-bond donors (Lipinski definition) is 1. The molecule has 0 aromatic heterocycles. The Labute approximate surface area is 113 Å². The molecule has 2 aliphatic rings. The predicted molar refractivity (Wildman–Crippen MR) is 77.8 cm³/mol. The third-order valence-electron chi connectivity index (χ3n) is 4.96. The van der Waals surface area contributed by atoms with Gasteiger partial charge in [-0.15, -0.1) is 0 Å². The second kappa shape index (κ2) is 6.88. The van der Waals surface area contributed by atoms with Gasteiger partial charge in [0, 0.05) is 25.2 Å². The SMILES string of the molecule is CCCN(CCN1CCCC1)C1(CN)CCCC1. The Bertz CT molecular complexity index is 230. The molecule has 0 radical (unpaired) electrons. The minimum Gasteiger partial charge on any atom is -0.329 e. The number of hydrogen-bond acceptors (Lipinski definition) is 3. The molecule has 3 heteroatoms. The van der Waals surface area contributed by atoms with Gasteiger partial charge in [-0.3, -0.25) is 4.90 Å². The first kappa shape index (κ1) is 14.3. The highest BCUT2D eigenvalue weighted by Crippen LogP contribution is 2.34. The van der Waals surface area contributed by atoms with Crippen LogP contribution >= 0.6 is 0 Å². The Morgan fingerprint density at radius 1 is 1.06 bits per heavy atom. The van der Waals surface area contributed by atoms with Crippen molar-refractivity contribution in [2.75, 3.05) is 39.3 Å². The van der Waals surface area contributed by atoms with E-state index in [9.17, 15) is 0 Å².